The number of benzene rings is 1. The highest BCUT2D eigenvalue weighted by Crippen LogP contribution is 2.08. The van der Waals surface area contributed by atoms with Crippen molar-refractivity contribution in [3.05, 3.63) is 35.6 Å². The van der Waals surface area contributed by atoms with Crippen molar-refractivity contribution >= 4 is 5.91 Å². The highest BCUT2D eigenvalue weighted by molar-refractivity contribution is 5.76. The first-order chi connectivity index (χ1) is 9.52. The third-order valence-electron chi connectivity index (χ3n) is 3.04. The molecule has 0 aliphatic rings. The molecule has 1 aromatic rings. The van der Waals surface area contributed by atoms with Crippen LogP contribution < -0.4 is 0 Å². The lowest BCUT2D eigenvalue weighted by Crippen LogP contribution is -2.36. The van der Waals surface area contributed by atoms with E-state index in [-0.39, 0.29) is 11.7 Å². The molecule has 0 aromatic heterocycles. The maximum Gasteiger partial charge on any atom is 0.222 e. The number of nitrogens with zero attached hydrogens (tertiary/aromatic N) is 1. The van der Waals surface area contributed by atoms with Gasteiger partial charge in [0.05, 0.1) is 6.61 Å². The molecule has 0 radical (unpaired) electrons. The molecule has 0 saturated heterocycles. The lowest BCUT2D eigenvalue weighted by molar-refractivity contribution is -0.132. The quantitative estimate of drug-likeness (QED) is 0.733. The predicted octanol–water partition coefficient (Wildman–Crippen LogP) is 2.89. The summed E-state index contributed by atoms with van der Waals surface area (Å²) in [5.41, 5.74) is 0.982. The molecule has 1 amide bonds. The molecule has 112 valence electrons. The van der Waals surface area contributed by atoms with Crippen LogP contribution in [0.3, 0.4) is 0 Å². The summed E-state index contributed by atoms with van der Waals surface area (Å²) in [7, 11) is 1.64. The molecule has 0 bridgehead atoms. The second-order valence-electron chi connectivity index (χ2n) is 5.35. The van der Waals surface area contributed by atoms with E-state index >= 15 is 0 Å². The fourth-order valence-electron chi connectivity index (χ4n) is 2.02. The minimum atomic E-state index is -0.249. The van der Waals surface area contributed by atoms with Crippen LogP contribution >= 0.6 is 0 Å². The molecule has 0 N–H and O–H groups in total. The number of carbonyl (C=O) groups is 1. The minimum Gasteiger partial charge on any atom is -0.383 e. The van der Waals surface area contributed by atoms with Crippen LogP contribution in [0, 0.1) is 11.7 Å². The Morgan fingerprint density at radius 2 is 1.95 bits per heavy atom. The average Bonchev–Trinajstić information content (AvgIpc) is 2.42. The van der Waals surface area contributed by atoms with E-state index in [9.17, 15) is 9.18 Å². The van der Waals surface area contributed by atoms with Crippen molar-refractivity contribution in [2.24, 2.45) is 5.92 Å². The topological polar surface area (TPSA) is 29.5 Å². The van der Waals surface area contributed by atoms with Crippen LogP contribution in [0.2, 0.25) is 0 Å². The Morgan fingerprint density at radius 1 is 1.30 bits per heavy atom. The van der Waals surface area contributed by atoms with Crippen molar-refractivity contribution in [1.29, 1.82) is 0 Å². The third-order valence-corrected chi connectivity index (χ3v) is 3.04. The number of hydrogen-bond acceptors (Lipinski definition) is 2. The second-order valence-corrected chi connectivity index (χ2v) is 5.35. The second kappa shape index (κ2) is 8.69. The number of amides is 1. The van der Waals surface area contributed by atoms with Gasteiger partial charge in [0.15, 0.2) is 0 Å². The summed E-state index contributed by atoms with van der Waals surface area (Å²) in [6, 6.07) is 6.31. The zero-order chi connectivity index (χ0) is 15.0. The molecule has 0 saturated carbocycles. The van der Waals surface area contributed by atoms with Crippen LogP contribution in [0.4, 0.5) is 4.39 Å². The van der Waals surface area contributed by atoms with Crippen LogP contribution in [0.25, 0.3) is 0 Å². The molecule has 0 aliphatic carbocycles. The monoisotopic (exact) mass is 281 g/mol. The molecular weight excluding hydrogens is 257 g/mol. The molecule has 1 aromatic carbocycles. The van der Waals surface area contributed by atoms with E-state index in [1.54, 1.807) is 19.2 Å². The summed E-state index contributed by atoms with van der Waals surface area (Å²) < 4.78 is 17.9. The number of rotatable bonds is 8. The van der Waals surface area contributed by atoms with Gasteiger partial charge in [-0.2, -0.15) is 0 Å². The van der Waals surface area contributed by atoms with Gasteiger partial charge in [-0.3, -0.25) is 4.79 Å². The van der Waals surface area contributed by atoms with Gasteiger partial charge in [-0.25, -0.2) is 4.39 Å². The van der Waals surface area contributed by atoms with Crippen molar-refractivity contribution in [3.63, 3.8) is 0 Å². The lowest BCUT2D eigenvalue weighted by atomic mass is 10.1. The van der Waals surface area contributed by atoms with E-state index in [1.807, 2.05) is 4.90 Å². The molecular formula is C16H24FNO2. The van der Waals surface area contributed by atoms with E-state index < -0.39 is 0 Å². The Bertz CT molecular complexity index is 403. The Hall–Kier alpha value is -1.42. The number of hydrogen-bond donors (Lipinski definition) is 0. The van der Waals surface area contributed by atoms with Gasteiger partial charge in [-0.15, -0.1) is 0 Å². The highest BCUT2D eigenvalue weighted by Gasteiger charge is 2.14. The SMILES string of the molecule is COCCN(CC(C)C)C(=O)CCc1ccc(F)cc1. The molecule has 0 unspecified atom stereocenters. The standard InChI is InChI=1S/C16H24FNO2/c1-13(2)12-18(10-11-20-3)16(19)9-6-14-4-7-15(17)8-5-14/h4-5,7-8,13H,6,9-12H2,1-3H3. The first-order valence-corrected chi connectivity index (χ1v) is 7.04. The third kappa shape index (κ3) is 6.15. The summed E-state index contributed by atoms with van der Waals surface area (Å²) in [5, 5.41) is 0. The summed E-state index contributed by atoms with van der Waals surface area (Å²) >= 11 is 0. The first kappa shape index (κ1) is 16.6. The van der Waals surface area contributed by atoms with E-state index in [4.69, 9.17) is 4.74 Å². The van der Waals surface area contributed by atoms with Crippen molar-refractivity contribution in [2.45, 2.75) is 26.7 Å². The molecule has 20 heavy (non-hydrogen) atoms. The maximum atomic E-state index is 12.8. The molecule has 1 rings (SSSR count). The fourth-order valence-corrected chi connectivity index (χ4v) is 2.02. The van der Waals surface area contributed by atoms with Crippen LogP contribution in [0.5, 0.6) is 0 Å². The largest absolute Gasteiger partial charge is 0.383 e. The zero-order valence-corrected chi connectivity index (χ0v) is 12.6. The summed E-state index contributed by atoms with van der Waals surface area (Å²) in [6.07, 6.45) is 1.09. The number of methoxy groups -OCH3 is 1. The van der Waals surface area contributed by atoms with Gasteiger partial charge in [0, 0.05) is 26.6 Å². The van der Waals surface area contributed by atoms with Gasteiger partial charge in [-0.1, -0.05) is 26.0 Å². The summed E-state index contributed by atoms with van der Waals surface area (Å²) in [4.78, 5) is 14.1. The number of halogens is 1. The predicted molar refractivity (Wildman–Crippen MR) is 78.0 cm³/mol. The van der Waals surface area contributed by atoms with E-state index in [1.165, 1.54) is 12.1 Å². The van der Waals surface area contributed by atoms with Crippen LogP contribution in [-0.4, -0.2) is 37.6 Å². The van der Waals surface area contributed by atoms with Gasteiger partial charge < -0.3 is 9.64 Å². The summed E-state index contributed by atoms with van der Waals surface area (Å²) in [5.74, 6) is 0.309. The fraction of sp³-hybridized carbons (Fsp3) is 0.562. The molecule has 3 nitrogen and oxygen atoms in total. The molecule has 4 heteroatoms. The number of aryl methyl sites for hydroxylation is 1. The lowest BCUT2D eigenvalue weighted by Gasteiger charge is -2.24. The van der Waals surface area contributed by atoms with E-state index in [0.29, 0.717) is 31.9 Å². The average molecular weight is 281 g/mol. The van der Waals surface area contributed by atoms with Gasteiger partial charge >= 0.3 is 0 Å². The zero-order valence-electron chi connectivity index (χ0n) is 12.6. The van der Waals surface area contributed by atoms with Crippen molar-refractivity contribution in [2.75, 3.05) is 26.8 Å². The molecule has 0 atom stereocenters. The van der Waals surface area contributed by atoms with Crippen molar-refractivity contribution in [1.82, 2.24) is 4.90 Å². The van der Waals surface area contributed by atoms with Crippen LogP contribution in [-0.2, 0) is 16.0 Å². The molecule has 0 spiro atoms. The smallest absolute Gasteiger partial charge is 0.222 e. The van der Waals surface area contributed by atoms with Gasteiger partial charge in [0.2, 0.25) is 5.91 Å². The highest BCUT2D eigenvalue weighted by atomic mass is 19.1. The molecule has 0 heterocycles. The first-order valence-electron chi connectivity index (χ1n) is 7.04. The maximum absolute atomic E-state index is 12.8. The molecule has 0 fully saturated rings. The van der Waals surface area contributed by atoms with Crippen LogP contribution in [0.15, 0.2) is 24.3 Å². The van der Waals surface area contributed by atoms with Gasteiger partial charge in [0.25, 0.3) is 0 Å². The summed E-state index contributed by atoms with van der Waals surface area (Å²) in [6.45, 7) is 6.09. The Kier molecular flexibility index (Phi) is 7.23. The van der Waals surface area contributed by atoms with Gasteiger partial charge in [-0.05, 0) is 30.0 Å². The van der Waals surface area contributed by atoms with Crippen LogP contribution in [0.1, 0.15) is 25.8 Å². The number of carbonyl (C=O) groups excluding carboxylic acids is 1. The Morgan fingerprint density at radius 3 is 2.50 bits per heavy atom. The van der Waals surface area contributed by atoms with E-state index in [2.05, 4.69) is 13.8 Å². The van der Waals surface area contributed by atoms with E-state index in [0.717, 1.165) is 12.1 Å². The Labute approximate surface area is 120 Å². The normalized spacial score (nSPS) is 10.8. The van der Waals surface area contributed by atoms with Gasteiger partial charge in [0.1, 0.15) is 5.82 Å². The Balaban J connectivity index is 2.49. The van der Waals surface area contributed by atoms with Crippen molar-refractivity contribution < 1.29 is 13.9 Å². The molecule has 0 aliphatic heterocycles. The number of ether oxygens (including phenoxy) is 1. The van der Waals surface area contributed by atoms with Crippen molar-refractivity contribution in [3.8, 4) is 0 Å². The minimum absolute atomic E-state index is 0.125.